The number of hydrogen-bond acceptors (Lipinski definition) is 6. The predicted octanol–water partition coefficient (Wildman–Crippen LogP) is 3.51. The lowest BCUT2D eigenvalue weighted by Gasteiger charge is -2.61. The molecule has 0 aromatic heterocycles. The molecule has 6 heteroatoms. The Bertz CT molecular complexity index is 1010. The zero-order valence-corrected chi connectivity index (χ0v) is 19.2. The summed E-state index contributed by atoms with van der Waals surface area (Å²) in [6, 6.07) is 0. The molecule has 32 heavy (non-hydrogen) atoms. The van der Waals surface area contributed by atoms with Crippen molar-refractivity contribution in [1.82, 2.24) is 0 Å². The minimum atomic E-state index is -0.427. The van der Waals surface area contributed by atoms with Gasteiger partial charge in [0.05, 0.1) is 19.1 Å². The minimum Gasteiger partial charge on any atom is -0.469 e. The molecule has 2 heterocycles. The van der Waals surface area contributed by atoms with Crippen LogP contribution in [0.3, 0.4) is 0 Å². The van der Waals surface area contributed by atoms with Gasteiger partial charge in [0.1, 0.15) is 11.2 Å². The van der Waals surface area contributed by atoms with E-state index in [4.69, 9.17) is 14.2 Å². The first-order valence-electron chi connectivity index (χ1n) is 12.4. The molecule has 2 aliphatic heterocycles. The number of carbonyl (C=O) groups excluding carboxylic acids is 3. The first-order valence-corrected chi connectivity index (χ1v) is 12.4. The van der Waals surface area contributed by atoms with Gasteiger partial charge in [-0.25, -0.2) is 0 Å². The normalized spacial score (nSPS) is 53.7. The van der Waals surface area contributed by atoms with Crippen LogP contribution in [0.2, 0.25) is 0 Å². The van der Waals surface area contributed by atoms with Crippen LogP contribution in [0.15, 0.2) is 11.6 Å². The molecule has 0 aromatic rings. The molecule has 3 spiro atoms. The molecule has 0 N–H and O–H groups in total. The van der Waals surface area contributed by atoms with Crippen LogP contribution in [-0.2, 0) is 28.6 Å². The summed E-state index contributed by atoms with van der Waals surface area (Å²) >= 11 is 0. The monoisotopic (exact) mass is 440 g/mol. The molecular weight excluding hydrogens is 408 g/mol. The summed E-state index contributed by atoms with van der Waals surface area (Å²) in [6.45, 7) is 4.59. The molecule has 172 valence electrons. The average Bonchev–Trinajstić information content (AvgIpc) is 3.63. The number of ether oxygens (including phenoxy) is 3. The van der Waals surface area contributed by atoms with Gasteiger partial charge in [-0.15, -0.1) is 0 Å². The second kappa shape index (κ2) is 5.51. The highest BCUT2D eigenvalue weighted by Gasteiger charge is 2.87. The highest BCUT2D eigenvalue weighted by molar-refractivity contribution is 5.93. The zero-order chi connectivity index (χ0) is 22.3. The van der Waals surface area contributed by atoms with E-state index in [0.717, 1.165) is 44.9 Å². The number of esters is 2. The predicted molar refractivity (Wildman–Crippen MR) is 112 cm³/mol. The van der Waals surface area contributed by atoms with E-state index in [-0.39, 0.29) is 57.8 Å². The van der Waals surface area contributed by atoms with E-state index in [1.54, 1.807) is 0 Å². The molecular formula is C26H32O6. The Balaban J connectivity index is 1.43. The van der Waals surface area contributed by atoms with Crippen molar-refractivity contribution in [2.45, 2.75) is 88.9 Å². The summed E-state index contributed by atoms with van der Waals surface area (Å²) < 4.78 is 18.3. The highest BCUT2D eigenvalue weighted by atomic mass is 16.6. The third-order valence-corrected chi connectivity index (χ3v) is 11.4. The van der Waals surface area contributed by atoms with Crippen LogP contribution in [0.5, 0.6) is 0 Å². The lowest BCUT2D eigenvalue weighted by atomic mass is 9.40. The van der Waals surface area contributed by atoms with E-state index in [0.29, 0.717) is 12.8 Å². The second-order valence-corrected chi connectivity index (χ2v) is 12.2. The van der Waals surface area contributed by atoms with E-state index in [1.165, 1.54) is 12.7 Å². The van der Waals surface area contributed by atoms with Gasteiger partial charge < -0.3 is 14.2 Å². The molecule has 0 radical (unpaired) electrons. The maximum Gasteiger partial charge on any atom is 0.309 e. The van der Waals surface area contributed by atoms with Crippen LogP contribution >= 0.6 is 0 Å². The lowest BCUT2D eigenvalue weighted by molar-refractivity contribution is -0.177. The van der Waals surface area contributed by atoms with Crippen molar-refractivity contribution >= 4 is 17.7 Å². The summed E-state index contributed by atoms with van der Waals surface area (Å²) in [4.78, 5) is 38.3. The van der Waals surface area contributed by atoms with Gasteiger partial charge in [0.2, 0.25) is 0 Å². The van der Waals surface area contributed by atoms with E-state index < -0.39 is 11.2 Å². The summed E-state index contributed by atoms with van der Waals surface area (Å²) in [7, 11) is 1.49. The molecule has 2 unspecified atom stereocenters. The number of epoxide rings is 1. The molecule has 0 amide bonds. The van der Waals surface area contributed by atoms with Crippen LogP contribution in [0.1, 0.15) is 71.6 Å². The van der Waals surface area contributed by atoms with E-state index in [1.807, 2.05) is 6.08 Å². The van der Waals surface area contributed by atoms with Crippen molar-refractivity contribution in [2.75, 3.05) is 7.11 Å². The molecule has 8 atom stereocenters. The Morgan fingerprint density at radius 3 is 2.53 bits per heavy atom. The van der Waals surface area contributed by atoms with Crippen molar-refractivity contribution in [2.24, 2.45) is 34.0 Å². The fourth-order valence-electron chi connectivity index (χ4n) is 9.88. The fourth-order valence-corrected chi connectivity index (χ4v) is 9.88. The van der Waals surface area contributed by atoms with Crippen LogP contribution < -0.4 is 0 Å². The van der Waals surface area contributed by atoms with Crippen molar-refractivity contribution < 1.29 is 28.6 Å². The van der Waals surface area contributed by atoms with Gasteiger partial charge in [-0.1, -0.05) is 19.4 Å². The number of methoxy groups -OCH3 is 1. The second-order valence-electron chi connectivity index (χ2n) is 12.2. The molecule has 6 nitrogen and oxygen atoms in total. The third-order valence-electron chi connectivity index (χ3n) is 11.4. The lowest BCUT2D eigenvalue weighted by Crippen LogP contribution is -2.66. The summed E-state index contributed by atoms with van der Waals surface area (Å²) in [5.41, 5.74) is -0.363. The van der Waals surface area contributed by atoms with Gasteiger partial charge in [0.25, 0.3) is 0 Å². The standard InChI is InChI=1S/C26H32O6/c1-22-7-4-14(27)12-16(22)24(10-11-24)20(21(29)30-3)19-15-5-8-25(9-6-18(28)32-25)23(15,2)13-17-26(19,22)31-17/h12,15,17,19-20H,4-11,13H2,1-3H3/t15?,17-,19?,20-,22+,23+,25-,26-/m1/s1. The first-order chi connectivity index (χ1) is 15.2. The Labute approximate surface area is 188 Å². The van der Waals surface area contributed by atoms with Gasteiger partial charge in [-0.3, -0.25) is 14.4 Å². The summed E-state index contributed by atoms with van der Waals surface area (Å²) in [6.07, 6.45) is 9.06. The average molecular weight is 441 g/mol. The Hall–Kier alpha value is -1.69. The highest BCUT2D eigenvalue weighted by Crippen LogP contribution is 2.83. The van der Waals surface area contributed by atoms with Crippen molar-refractivity contribution in [3.63, 3.8) is 0 Å². The number of fused-ring (bicyclic) bond motifs is 5. The third kappa shape index (κ3) is 1.87. The Morgan fingerprint density at radius 1 is 1.09 bits per heavy atom. The number of rotatable bonds is 1. The Morgan fingerprint density at radius 2 is 1.88 bits per heavy atom. The molecule has 6 fully saturated rings. The summed E-state index contributed by atoms with van der Waals surface area (Å²) in [5, 5.41) is 0. The van der Waals surface area contributed by atoms with Crippen LogP contribution in [0, 0.1) is 34.0 Å². The SMILES string of the molecule is COC(=O)[C@H]1C2C3CC[C@@]4(CCC(=O)O4)[C@@]3(C)C[C@H]3O[C@@]23[C@@]2(C)CCC(=O)C=C2C12CC2. The topological polar surface area (TPSA) is 82.2 Å². The van der Waals surface area contributed by atoms with Gasteiger partial charge in [0.15, 0.2) is 5.78 Å². The number of ketones is 1. The molecule has 2 saturated heterocycles. The number of hydrogen-bond donors (Lipinski definition) is 0. The molecule has 0 aromatic carbocycles. The maximum absolute atomic E-state index is 13.5. The Kier molecular flexibility index (Phi) is 3.40. The first kappa shape index (κ1) is 19.7. The van der Waals surface area contributed by atoms with Gasteiger partial charge in [-0.05, 0) is 56.9 Å². The van der Waals surface area contributed by atoms with Gasteiger partial charge in [-0.2, -0.15) is 0 Å². The molecule has 0 bridgehead atoms. The number of carbonyl (C=O) groups is 3. The van der Waals surface area contributed by atoms with Crippen molar-refractivity contribution in [1.29, 1.82) is 0 Å². The minimum absolute atomic E-state index is 0.0351. The quantitative estimate of drug-likeness (QED) is 0.458. The van der Waals surface area contributed by atoms with Crippen LogP contribution in [-0.4, -0.2) is 42.1 Å². The van der Waals surface area contributed by atoms with Gasteiger partial charge in [0, 0.05) is 35.0 Å². The smallest absolute Gasteiger partial charge is 0.309 e. The van der Waals surface area contributed by atoms with E-state index in [2.05, 4.69) is 13.8 Å². The van der Waals surface area contributed by atoms with E-state index >= 15 is 0 Å². The van der Waals surface area contributed by atoms with Crippen molar-refractivity contribution in [3.8, 4) is 0 Å². The fraction of sp³-hybridized carbons (Fsp3) is 0.808. The van der Waals surface area contributed by atoms with Crippen LogP contribution in [0.4, 0.5) is 0 Å². The van der Waals surface area contributed by atoms with Gasteiger partial charge >= 0.3 is 11.9 Å². The zero-order valence-electron chi connectivity index (χ0n) is 19.2. The van der Waals surface area contributed by atoms with Crippen LogP contribution in [0.25, 0.3) is 0 Å². The molecule has 7 aliphatic rings. The molecule has 7 rings (SSSR count). The molecule has 4 saturated carbocycles. The molecule has 5 aliphatic carbocycles. The largest absolute Gasteiger partial charge is 0.469 e. The van der Waals surface area contributed by atoms with E-state index in [9.17, 15) is 14.4 Å². The maximum atomic E-state index is 13.5. The summed E-state index contributed by atoms with van der Waals surface area (Å²) in [5.74, 6) is -0.0803. The van der Waals surface area contributed by atoms with Crippen molar-refractivity contribution in [3.05, 3.63) is 11.6 Å².